The van der Waals surface area contributed by atoms with Crippen molar-refractivity contribution in [3.63, 3.8) is 0 Å². The molecule has 80 valence electrons. The second-order valence-electron chi connectivity index (χ2n) is 2.73. The lowest BCUT2D eigenvalue weighted by molar-refractivity contribution is -0.385. The fourth-order valence-corrected chi connectivity index (χ4v) is 1.33. The van der Waals surface area contributed by atoms with Gasteiger partial charge in [-0.3, -0.25) is 10.1 Å². The summed E-state index contributed by atoms with van der Waals surface area (Å²) < 4.78 is 4.48. The molecule has 0 saturated carbocycles. The minimum Gasteiger partial charge on any atom is -0.465 e. The summed E-state index contributed by atoms with van der Waals surface area (Å²) in [4.78, 5) is 21.1. The van der Waals surface area contributed by atoms with Crippen molar-refractivity contribution in [1.29, 1.82) is 0 Å². The molecule has 15 heavy (non-hydrogen) atoms. The maximum atomic E-state index is 11.1. The minimum absolute atomic E-state index is 0.0266. The van der Waals surface area contributed by atoms with Crippen LogP contribution in [0, 0.1) is 10.1 Å². The van der Waals surface area contributed by atoms with Gasteiger partial charge in [0.2, 0.25) is 0 Å². The third kappa shape index (κ3) is 2.44. The van der Waals surface area contributed by atoms with Gasteiger partial charge in [0.15, 0.2) is 0 Å². The van der Waals surface area contributed by atoms with Gasteiger partial charge in [-0.25, -0.2) is 4.79 Å². The van der Waals surface area contributed by atoms with E-state index in [-0.39, 0.29) is 17.1 Å². The molecule has 0 fully saturated rings. The van der Waals surface area contributed by atoms with Crippen molar-refractivity contribution in [2.75, 3.05) is 7.11 Å². The molecule has 1 rings (SSSR count). The number of hydrogen-bond donors (Lipinski definition) is 0. The summed E-state index contributed by atoms with van der Waals surface area (Å²) in [5.41, 5.74) is 0.445. The summed E-state index contributed by atoms with van der Waals surface area (Å²) in [7, 11) is 1.24. The average Bonchev–Trinajstić information content (AvgIpc) is 2.26. The molecule has 0 aliphatic carbocycles. The zero-order valence-electron chi connectivity index (χ0n) is 7.90. The number of nitrogens with zero attached hydrogens (tertiary/aromatic N) is 1. The molecule has 0 unspecified atom stereocenters. The molecule has 0 aliphatic heterocycles. The maximum Gasteiger partial charge on any atom is 0.337 e. The van der Waals surface area contributed by atoms with Crippen molar-refractivity contribution in [2.24, 2.45) is 0 Å². The van der Waals surface area contributed by atoms with Crippen LogP contribution in [-0.2, 0) is 10.6 Å². The summed E-state index contributed by atoms with van der Waals surface area (Å²) in [5.74, 6) is -0.572. The normalized spacial score (nSPS) is 9.73. The number of alkyl halides is 1. The number of methoxy groups -OCH3 is 1. The molecule has 6 heteroatoms. The number of carbonyl (C=O) groups excluding carboxylic acids is 1. The van der Waals surface area contributed by atoms with E-state index in [1.165, 1.54) is 25.3 Å². The molecule has 0 aromatic heterocycles. The molecule has 0 amide bonds. The molecular weight excluding hydrogens is 222 g/mol. The number of esters is 1. The summed E-state index contributed by atoms with van der Waals surface area (Å²) in [6, 6.07) is 3.93. The Morgan fingerprint density at radius 1 is 1.60 bits per heavy atom. The lowest BCUT2D eigenvalue weighted by Crippen LogP contribution is -2.03. The van der Waals surface area contributed by atoms with Gasteiger partial charge in [0.25, 0.3) is 5.69 Å². The molecular formula is C9H8ClNO4. The van der Waals surface area contributed by atoms with E-state index in [2.05, 4.69) is 4.74 Å². The lowest BCUT2D eigenvalue weighted by Gasteiger charge is -2.02. The van der Waals surface area contributed by atoms with Crippen molar-refractivity contribution >= 4 is 23.3 Å². The van der Waals surface area contributed by atoms with Crippen LogP contribution in [0.25, 0.3) is 0 Å². The highest BCUT2D eigenvalue weighted by Gasteiger charge is 2.15. The van der Waals surface area contributed by atoms with E-state index in [0.29, 0.717) is 5.56 Å². The molecule has 0 saturated heterocycles. The van der Waals surface area contributed by atoms with Gasteiger partial charge in [0, 0.05) is 11.6 Å². The predicted octanol–water partition coefficient (Wildman–Crippen LogP) is 2.12. The van der Waals surface area contributed by atoms with Crippen LogP contribution in [0.3, 0.4) is 0 Å². The summed E-state index contributed by atoms with van der Waals surface area (Å²) in [6.45, 7) is 0. The zero-order chi connectivity index (χ0) is 11.4. The van der Waals surface area contributed by atoms with Crippen molar-refractivity contribution in [1.82, 2.24) is 0 Å². The molecule has 1 aromatic carbocycles. The van der Waals surface area contributed by atoms with Crippen molar-refractivity contribution in [2.45, 2.75) is 5.88 Å². The monoisotopic (exact) mass is 229 g/mol. The average molecular weight is 230 g/mol. The van der Waals surface area contributed by atoms with E-state index in [9.17, 15) is 14.9 Å². The van der Waals surface area contributed by atoms with E-state index < -0.39 is 10.9 Å². The van der Waals surface area contributed by atoms with Crippen LogP contribution in [0.5, 0.6) is 0 Å². The van der Waals surface area contributed by atoms with Gasteiger partial charge in [-0.05, 0) is 12.1 Å². The molecule has 0 radical (unpaired) electrons. The first-order valence-corrected chi connectivity index (χ1v) is 4.55. The Morgan fingerprint density at radius 3 is 2.73 bits per heavy atom. The molecule has 5 nitrogen and oxygen atoms in total. The number of benzene rings is 1. The Labute approximate surface area is 90.8 Å². The Balaban J connectivity index is 3.19. The highest BCUT2D eigenvalue weighted by molar-refractivity contribution is 6.17. The maximum absolute atomic E-state index is 11.1. The van der Waals surface area contributed by atoms with Gasteiger partial charge in [0.1, 0.15) is 0 Å². The number of rotatable bonds is 3. The van der Waals surface area contributed by atoms with Crippen molar-refractivity contribution in [3.8, 4) is 0 Å². The van der Waals surface area contributed by atoms with Crippen LogP contribution in [0.2, 0.25) is 0 Å². The SMILES string of the molecule is COC(=O)c1ccc([N+](=O)[O-])c(CCl)c1. The smallest absolute Gasteiger partial charge is 0.337 e. The molecule has 0 heterocycles. The van der Waals surface area contributed by atoms with Crippen molar-refractivity contribution in [3.05, 3.63) is 39.4 Å². The van der Waals surface area contributed by atoms with Gasteiger partial charge in [0.05, 0.1) is 23.5 Å². The fourth-order valence-electron chi connectivity index (χ4n) is 1.12. The van der Waals surface area contributed by atoms with E-state index in [1.54, 1.807) is 0 Å². The Morgan fingerprint density at radius 2 is 2.27 bits per heavy atom. The van der Waals surface area contributed by atoms with Gasteiger partial charge in [-0.1, -0.05) is 0 Å². The van der Waals surface area contributed by atoms with E-state index in [0.717, 1.165) is 0 Å². The largest absolute Gasteiger partial charge is 0.465 e. The number of ether oxygens (including phenoxy) is 1. The highest BCUT2D eigenvalue weighted by atomic mass is 35.5. The Bertz CT molecular complexity index is 405. The molecule has 0 N–H and O–H groups in total. The van der Waals surface area contributed by atoms with Gasteiger partial charge < -0.3 is 4.74 Å². The molecule has 0 aliphatic rings. The third-order valence-electron chi connectivity index (χ3n) is 1.84. The van der Waals surface area contributed by atoms with Gasteiger partial charge in [-0.15, -0.1) is 11.6 Å². The molecule has 0 atom stereocenters. The second-order valence-corrected chi connectivity index (χ2v) is 2.99. The Kier molecular flexibility index (Phi) is 3.62. The predicted molar refractivity (Wildman–Crippen MR) is 54.0 cm³/mol. The number of nitro benzene ring substituents is 1. The lowest BCUT2D eigenvalue weighted by atomic mass is 10.1. The standard InChI is InChI=1S/C9H8ClNO4/c1-15-9(12)6-2-3-8(11(13)14)7(4-6)5-10/h2-4H,5H2,1H3. The third-order valence-corrected chi connectivity index (χ3v) is 2.13. The first-order chi connectivity index (χ1) is 7.10. The number of hydrogen-bond acceptors (Lipinski definition) is 4. The molecule has 1 aromatic rings. The number of nitro groups is 1. The van der Waals surface area contributed by atoms with Crippen LogP contribution in [0.4, 0.5) is 5.69 Å². The van der Waals surface area contributed by atoms with Crippen LogP contribution >= 0.6 is 11.6 Å². The topological polar surface area (TPSA) is 69.4 Å². The number of carbonyl (C=O) groups is 1. The first-order valence-electron chi connectivity index (χ1n) is 4.01. The number of halogens is 1. The van der Waals surface area contributed by atoms with Crippen LogP contribution in [0.15, 0.2) is 18.2 Å². The van der Waals surface area contributed by atoms with E-state index in [4.69, 9.17) is 11.6 Å². The van der Waals surface area contributed by atoms with Crippen LogP contribution < -0.4 is 0 Å². The van der Waals surface area contributed by atoms with Crippen LogP contribution in [-0.4, -0.2) is 18.0 Å². The van der Waals surface area contributed by atoms with Crippen LogP contribution in [0.1, 0.15) is 15.9 Å². The Hall–Kier alpha value is -1.62. The van der Waals surface area contributed by atoms with E-state index >= 15 is 0 Å². The second kappa shape index (κ2) is 4.75. The zero-order valence-corrected chi connectivity index (χ0v) is 8.65. The first kappa shape index (κ1) is 11.5. The van der Waals surface area contributed by atoms with Crippen molar-refractivity contribution < 1.29 is 14.5 Å². The minimum atomic E-state index is -0.545. The van der Waals surface area contributed by atoms with Gasteiger partial charge >= 0.3 is 5.97 Å². The molecule has 0 bridgehead atoms. The highest BCUT2D eigenvalue weighted by Crippen LogP contribution is 2.22. The van der Waals surface area contributed by atoms with E-state index in [1.807, 2.05) is 0 Å². The summed E-state index contributed by atoms with van der Waals surface area (Å²) in [6.07, 6.45) is 0. The fraction of sp³-hybridized carbons (Fsp3) is 0.222. The van der Waals surface area contributed by atoms with Gasteiger partial charge in [-0.2, -0.15) is 0 Å². The summed E-state index contributed by atoms with van der Waals surface area (Å²) in [5, 5.41) is 10.6. The summed E-state index contributed by atoms with van der Waals surface area (Å²) >= 11 is 5.54. The molecule has 0 spiro atoms. The quantitative estimate of drug-likeness (QED) is 0.345.